The zero-order valence-corrected chi connectivity index (χ0v) is 9.68. The largest absolute Gasteiger partial charge is 0.329 e. The van der Waals surface area contributed by atoms with E-state index >= 15 is 0 Å². The lowest BCUT2D eigenvalue weighted by Gasteiger charge is -2.21. The maximum atomic E-state index is 12.8. The highest BCUT2D eigenvalue weighted by atomic mass is 35.5. The summed E-state index contributed by atoms with van der Waals surface area (Å²) in [6.07, 6.45) is 0. The highest BCUT2D eigenvalue weighted by Gasteiger charge is 2.14. The molecule has 0 aliphatic rings. The van der Waals surface area contributed by atoms with Gasteiger partial charge in [0.15, 0.2) is 0 Å². The second-order valence-electron chi connectivity index (χ2n) is 3.78. The van der Waals surface area contributed by atoms with Crippen molar-refractivity contribution >= 4 is 11.6 Å². The molecule has 0 saturated carbocycles. The molecule has 0 radical (unpaired) electrons. The van der Waals surface area contributed by atoms with E-state index in [4.69, 9.17) is 17.3 Å². The molecule has 4 heteroatoms. The minimum atomic E-state index is -0.330. The smallest absolute Gasteiger partial charge is 0.124 e. The van der Waals surface area contributed by atoms with Gasteiger partial charge in [0, 0.05) is 23.7 Å². The zero-order valence-electron chi connectivity index (χ0n) is 8.93. The van der Waals surface area contributed by atoms with Crippen LogP contribution in [0, 0.1) is 5.82 Å². The summed E-state index contributed by atoms with van der Waals surface area (Å²) < 4.78 is 12.8. The molecule has 0 saturated heterocycles. The Hall–Kier alpha value is -0.640. The topological polar surface area (TPSA) is 38.0 Å². The van der Waals surface area contributed by atoms with Crippen molar-refractivity contribution in [3.8, 4) is 0 Å². The minimum Gasteiger partial charge on any atom is -0.329 e. The van der Waals surface area contributed by atoms with E-state index in [1.165, 1.54) is 12.1 Å². The van der Waals surface area contributed by atoms with Crippen molar-refractivity contribution < 1.29 is 4.39 Å². The van der Waals surface area contributed by atoms with Crippen molar-refractivity contribution in [3.63, 3.8) is 0 Å². The normalized spacial score (nSPS) is 13.2. The Morgan fingerprint density at radius 2 is 2.13 bits per heavy atom. The first-order valence-corrected chi connectivity index (χ1v) is 5.33. The van der Waals surface area contributed by atoms with Gasteiger partial charge >= 0.3 is 0 Å². The van der Waals surface area contributed by atoms with Crippen LogP contribution in [-0.4, -0.2) is 12.6 Å². The van der Waals surface area contributed by atoms with E-state index in [0.29, 0.717) is 17.6 Å². The molecular weight excluding hydrogens is 215 g/mol. The molecule has 1 aromatic rings. The first-order valence-electron chi connectivity index (χ1n) is 4.95. The van der Waals surface area contributed by atoms with Crippen molar-refractivity contribution in [1.29, 1.82) is 0 Å². The molecule has 2 nitrogen and oxygen atoms in total. The number of halogens is 2. The van der Waals surface area contributed by atoms with Crippen molar-refractivity contribution in [2.24, 2.45) is 5.73 Å². The number of hydrogen-bond donors (Lipinski definition) is 2. The van der Waals surface area contributed by atoms with Gasteiger partial charge in [-0.2, -0.15) is 0 Å². The average Bonchev–Trinajstić information content (AvgIpc) is 2.14. The minimum absolute atomic E-state index is 0.0295. The fourth-order valence-corrected chi connectivity index (χ4v) is 1.77. The molecule has 0 aliphatic carbocycles. The van der Waals surface area contributed by atoms with Crippen molar-refractivity contribution in [2.45, 2.75) is 25.9 Å². The first kappa shape index (κ1) is 12.4. The van der Waals surface area contributed by atoms with Gasteiger partial charge in [-0.25, -0.2) is 4.39 Å². The van der Waals surface area contributed by atoms with E-state index in [0.717, 1.165) is 5.56 Å². The van der Waals surface area contributed by atoms with Crippen LogP contribution in [0.5, 0.6) is 0 Å². The third kappa shape index (κ3) is 3.45. The van der Waals surface area contributed by atoms with Gasteiger partial charge in [0.05, 0.1) is 0 Å². The predicted octanol–water partition coefficient (Wildman–Crippen LogP) is 2.48. The van der Waals surface area contributed by atoms with Gasteiger partial charge in [-0.3, -0.25) is 0 Å². The van der Waals surface area contributed by atoms with Gasteiger partial charge < -0.3 is 11.1 Å². The van der Waals surface area contributed by atoms with Crippen LogP contribution < -0.4 is 11.1 Å². The summed E-state index contributed by atoms with van der Waals surface area (Å²) in [6.45, 7) is 4.49. The molecule has 3 N–H and O–H groups in total. The average molecular weight is 231 g/mol. The number of rotatable bonds is 4. The van der Waals surface area contributed by atoms with Crippen LogP contribution >= 0.6 is 11.6 Å². The maximum Gasteiger partial charge on any atom is 0.124 e. The fraction of sp³-hybridized carbons (Fsp3) is 0.455. The lowest BCUT2D eigenvalue weighted by molar-refractivity contribution is 0.483. The van der Waals surface area contributed by atoms with Crippen LogP contribution in [0.2, 0.25) is 5.02 Å². The number of benzene rings is 1. The first-order chi connectivity index (χ1) is 7.04. The van der Waals surface area contributed by atoms with E-state index < -0.39 is 0 Å². The Bertz CT molecular complexity index is 328. The number of nitrogens with one attached hydrogen (secondary N) is 1. The van der Waals surface area contributed by atoms with Crippen LogP contribution in [0.1, 0.15) is 25.5 Å². The molecule has 0 spiro atoms. The lowest BCUT2D eigenvalue weighted by atomic mass is 10.1. The molecule has 0 bridgehead atoms. The molecule has 15 heavy (non-hydrogen) atoms. The molecule has 1 unspecified atom stereocenters. The third-order valence-electron chi connectivity index (χ3n) is 2.11. The van der Waals surface area contributed by atoms with Gasteiger partial charge in [0.2, 0.25) is 0 Å². The molecule has 84 valence electrons. The van der Waals surface area contributed by atoms with Crippen LogP contribution in [0.3, 0.4) is 0 Å². The van der Waals surface area contributed by atoms with Crippen molar-refractivity contribution in [3.05, 3.63) is 34.6 Å². The zero-order chi connectivity index (χ0) is 11.4. The maximum absolute atomic E-state index is 12.8. The van der Waals surface area contributed by atoms with Crippen LogP contribution in [0.25, 0.3) is 0 Å². The third-order valence-corrected chi connectivity index (χ3v) is 2.44. The van der Waals surface area contributed by atoms with Crippen molar-refractivity contribution in [1.82, 2.24) is 5.32 Å². The molecular formula is C11H16ClFN2. The van der Waals surface area contributed by atoms with E-state index in [2.05, 4.69) is 5.32 Å². The molecule has 1 aromatic carbocycles. The second kappa shape index (κ2) is 5.45. The quantitative estimate of drug-likeness (QED) is 0.834. The summed E-state index contributed by atoms with van der Waals surface area (Å²) in [5, 5.41) is 3.69. The molecule has 0 aromatic heterocycles. The highest BCUT2D eigenvalue weighted by Crippen LogP contribution is 2.23. The Kier molecular flexibility index (Phi) is 4.51. The van der Waals surface area contributed by atoms with Gasteiger partial charge in [0.25, 0.3) is 0 Å². The molecule has 0 amide bonds. The van der Waals surface area contributed by atoms with E-state index in [1.54, 1.807) is 6.07 Å². The van der Waals surface area contributed by atoms with Gasteiger partial charge in [-0.15, -0.1) is 0 Å². The summed E-state index contributed by atoms with van der Waals surface area (Å²) >= 11 is 5.95. The van der Waals surface area contributed by atoms with Crippen LogP contribution in [-0.2, 0) is 0 Å². The molecule has 0 heterocycles. The predicted molar refractivity (Wildman–Crippen MR) is 61.5 cm³/mol. The Labute approximate surface area is 94.6 Å². The van der Waals surface area contributed by atoms with Crippen LogP contribution in [0.4, 0.5) is 4.39 Å². The summed E-state index contributed by atoms with van der Waals surface area (Å²) in [6, 6.07) is 4.65. The fourth-order valence-electron chi connectivity index (χ4n) is 1.47. The van der Waals surface area contributed by atoms with E-state index in [-0.39, 0.29) is 11.9 Å². The Morgan fingerprint density at radius 1 is 1.47 bits per heavy atom. The van der Waals surface area contributed by atoms with E-state index in [1.807, 2.05) is 13.8 Å². The molecule has 0 aliphatic heterocycles. The van der Waals surface area contributed by atoms with Crippen molar-refractivity contribution in [2.75, 3.05) is 6.54 Å². The summed E-state index contributed by atoms with van der Waals surface area (Å²) in [5.74, 6) is -0.330. The monoisotopic (exact) mass is 230 g/mol. The SMILES string of the molecule is CC(C)NC(CN)c1ccc(F)cc1Cl. The van der Waals surface area contributed by atoms with Gasteiger partial charge in [0.1, 0.15) is 5.82 Å². The summed E-state index contributed by atoms with van der Waals surface area (Å²) in [5.41, 5.74) is 6.49. The van der Waals surface area contributed by atoms with Crippen LogP contribution in [0.15, 0.2) is 18.2 Å². The summed E-state index contributed by atoms with van der Waals surface area (Å²) in [7, 11) is 0. The van der Waals surface area contributed by atoms with Gasteiger partial charge in [-0.05, 0) is 17.7 Å². The molecule has 1 rings (SSSR count). The second-order valence-corrected chi connectivity index (χ2v) is 4.18. The highest BCUT2D eigenvalue weighted by molar-refractivity contribution is 6.31. The molecule has 0 fully saturated rings. The molecule has 1 atom stereocenters. The van der Waals surface area contributed by atoms with Gasteiger partial charge in [-0.1, -0.05) is 31.5 Å². The number of hydrogen-bond acceptors (Lipinski definition) is 2. The lowest BCUT2D eigenvalue weighted by Crippen LogP contribution is -2.33. The Morgan fingerprint density at radius 3 is 2.60 bits per heavy atom. The van der Waals surface area contributed by atoms with E-state index in [9.17, 15) is 4.39 Å². The standard InChI is InChI=1S/C11H16ClFN2/c1-7(2)15-11(6-14)9-4-3-8(13)5-10(9)12/h3-5,7,11,15H,6,14H2,1-2H3. The Balaban J connectivity index is 2.91. The number of nitrogens with two attached hydrogens (primary N) is 1. The summed E-state index contributed by atoms with van der Waals surface area (Å²) in [4.78, 5) is 0.